The fraction of sp³-hybridized carbons (Fsp3) is 0.357. The first-order valence-corrected chi connectivity index (χ1v) is 11.8. The van der Waals surface area contributed by atoms with Gasteiger partial charge in [0.15, 0.2) is 5.78 Å². The average molecular weight is 446 g/mol. The number of allylic oxidation sites excluding steroid dienone is 3. The Hall–Kier alpha value is -3.34. The van der Waals surface area contributed by atoms with E-state index in [4.69, 9.17) is 9.47 Å². The van der Waals surface area contributed by atoms with Gasteiger partial charge in [-0.1, -0.05) is 55.5 Å². The first kappa shape index (κ1) is 22.8. The smallest absolute Gasteiger partial charge is 0.336 e. The zero-order chi connectivity index (χ0) is 23.2. The summed E-state index contributed by atoms with van der Waals surface area (Å²) in [5.74, 6) is -0.0949. The number of benzene rings is 2. The Balaban J connectivity index is 1.67. The predicted molar refractivity (Wildman–Crippen MR) is 128 cm³/mol. The molecule has 0 fully saturated rings. The third-order valence-electron chi connectivity index (χ3n) is 6.15. The first-order valence-electron chi connectivity index (χ1n) is 11.8. The van der Waals surface area contributed by atoms with Crippen LogP contribution < -0.4 is 10.1 Å². The number of carbonyl (C=O) groups is 2. The third kappa shape index (κ3) is 5.03. The van der Waals surface area contributed by atoms with Crippen molar-refractivity contribution in [2.45, 2.75) is 51.9 Å². The lowest BCUT2D eigenvalue weighted by Crippen LogP contribution is -2.34. The molecule has 5 nitrogen and oxygen atoms in total. The van der Waals surface area contributed by atoms with Gasteiger partial charge in [0.1, 0.15) is 5.75 Å². The molecule has 1 atom stereocenters. The van der Waals surface area contributed by atoms with Gasteiger partial charge in [-0.25, -0.2) is 4.79 Å². The van der Waals surface area contributed by atoms with Crippen LogP contribution in [0.25, 0.3) is 0 Å². The van der Waals surface area contributed by atoms with E-state index in [0.717, 1.165) is 41.8 Å². The van der Waals surface area contributed by atoms with Crippen LogP contribution in [0, 0.1) is 0 Å². The van der Waals surface area contributed by atoms with Gasteiger partial charge in [0, 0.05) is 35.4 Å². The minimum absolute atomic E-state index is 0.0844. The molecule has 5 heteroatoms. The van der Waals surface area contributed by atoms with Crippen LogP contribution in [-0.4, -0.2) is 25.0 Å². The number of nitrogens with one attached hydrogen (secondary N) is 1. The monoisotopic (exact) mass is 445 g/mol. The predicted octanol–water partition coefficient (Wildman–Crippen LogP) is 5.23. The van der Waals surface area contributed by atoms with Gasteiger partial charge in [-0.05, 0) is 37.8 Å². The molecule has 0 radical (unpaired) electrons. The number of para-hydroxylation sites is 1. The Morgan fingerprint density at radius 3 is 2.58 bits per heavy atom. The van der Waals surface area contributed by atoms with Gasteiger partial charge in [-0.3, -0.25) is 4.79 Å². The van der Waals surface area contributed by atoms with Gasteiger partial charge >= 0.3 is 5.97 Å². The molecule has 1 N–H and O–H groups in total. The molecule has 0 aromatic heterocycles. The van der Waals surface area contributed by atoms with Crippen LogP contribution in [0.4, 0.5) is 0 Å². The van der Waals surface area contributed by atoms with Crippen LogP contribution in [-0.2, 0) is 20.7 Å². The molecular formula is C28H31NO4. The molecule has 1 heterocycles. The van der Waals surface area contributed by atoms with Crippen LogP contribution in [0.1, 0.15) is 56.6 Å². The zero-order valence-corrected chi connectivity index (χ0v) is 19.4. The van der Waals surface area contributed by atoms with Crippen LogP contribution in [0.2, 0.25) is 0 Å². The van der Waals surface area contributed by atoms with Gasteiger partial charge in [-0.2, -0.15) is 0 Å². The van der Waals surface area contributed by atoms with Crippen LogP contribution in [0.3, 0.4) is 0 Å². The van der Waals surface area contributed by atoms with E-state index in [1.165, 1.54) is 0 Å². The molecular weight excluding hydrogens is 414 g/mol. The Bertz CT molecular complexity index is 1080. The van der Waals surface area contributed by atoms with Gasteiger partial charge in [0.2, 0.25) is 0 Å². The number of esters is 1. The summed E-state index contributed by atoms with van der Waals surface area (Å²) < 4.78 is 11.8. The molecule has 0 saturated heterocycles. The lowest BCUT2D eigenvalue weighted by atomic mass is 9.75. The molecule has 172 valence electrons. The number of carbonyl (C=O) groups excluding carboxylic acids is 2. The lowest BCUT2D eigenvalue weighted by molar-refractivity contribution is -0.139. The van der Waals surface area contributed by atoms with Crippen molar-refractivity contribution < 1.29 is 19.1 Å². The van der Waals surface area contributed by atoms with Crippen molar-refractivity contribution in [2.75, 3.05) is 13.2 Å². The maximum Gasteiger partial charge on any atom is 0.336 e. The van der Waals surface area contributed by atoms with E-state index in [0.29, 0.717) is 36.3 Å². The second kappa shape index (κ2) is 10.5. The molecule has 33 heavy (non-hydrogen) atoms. The highest BCUT2D eigenvalue weighted by Gasteiger charge is 2.40. The Kier molecular flexibility index (Phi) is 7.28. The van der Waals surface area contributed by atoms with Crippen LogP contribution in [0.5, 0.6) is 5.75 Å². The molecule has 0 bridgehead atoms. The van der Waals surface area contributed by atoms with E-state index in [1.807, 2.05) is 61.5 Å². The van der Waals surface area contributed by atoms with Crippen molar-refractivity contribution in [2.24, 2.45) is 0 Å². The number of ketones is 1. The van der Waals surface area contributed by atoms with Gasteiger partial charge in [-0.15, -0.1) is 0 Å². The summed E-state index contributed by atoms with van der Waals surface area (Å²) in [7, 11) is 0. The quantitative estimate of drug-likeness (QED) is 0.564. The molecule has 0 spiro atoms. The third-order valence-corrected chi connectivity index (χ3v) is 6.15. The highest BCUT2D eigenvalue weighted by Crippen LogP contribution is 2.45. The number of ether oxygens (including phenoxy) is 2. The molecule has 2 aromatic rings. The molecule has 2 aliphatic rings. The molecule has 0 unspecified atom stereocenters. The van der Waals surface area contributed by atoms with Crippen molar-refractivity contribution in [1.29, 1.82) is 0 Å². The van der Waals surface area contributed by atoms with E-state index < -0.39 is 11.9 Å². The summed E-state index contributed by atoms with van der Waals surface area (Å²) in [4.78, 5) is 26.5. The summed E-state index contributed by atoms with van der Waals surface area (Å²) in [6.07, 6.45) is 3.61. The molecule has 0 amide bonds. The van der Waals surface area contributed by atoms with Gasteiger partial charge in [0.05, 0.1) is 24.7 Å². The van der Waals surface area contributed by atoms with E-state index in [-0.39, 0.29) is 12.4 Å². The topological polar surface area (TPSA) is 64.6 Å². The number of dihydropyridines is 1. The summed E-state index contributed by atoms with van der Waals surface area (Å²) in [5.41, 5.74) is 4.77. The van der Waals surface area contributed by atoms with E-state index in [1.54, 1.807) is 0 Å². The standard InChI is InChI=1S/C28H31NO4/c1-3-17-32-24-15-8-7-12-21(24)26-25(19(2)29-22-13-9-14-23(30)27(22)26)28(31)33-18-16-20-10-5-4-6-11-20/h4-8,10-12,15,26,29H,3,9,13-14,16-18H2,1-2H3/t26-/m0/s1. The number of hydrogen-bond acceptors (Lipinski definition) is 5. The summed E-state index contributed by atoms with van der Waals surface area (Å²) >= 11 is 0. The number of Topliss-reactive ketones (excluding diaryl/α,β-unsaturated/α-hetero) is 1. The van der Waals surface area contributed by atoms with Crippen molar-refractivity contribution in [3.63, 3.8) is 0 Å². The minimum atomic E-state index is -0.494. The normalized spacial score (nSPS) is 18.0. The molecule has 1 aliphatic heterocycles. The summed E-state index contributed by atoms with van der Waals surface area (Å²) in [5, 5.41) is 3.35. The van der Waals surface area contributed by atoms with Crippen molar-refractivity contribution >= 4 is 11.8 Å². The molecule has 0 saturated carbocycles. The van der Waals surface area contributed by atoms with Crippen molar-refractivity contribution in [3.8, 4) is 5.75 Å². The summed E-state index contributed by atoms with van der Waals surface area (Å²) in [6.45, 7) is 4.79. The second-order valence-electron chi connectivity index (χ2n) is 8.52. The molecule has 2 aromatic carbocycles. The molecule has 1 aliphatic carbocycles. The number of rotatable bonds is 8. The fourth-order valence-corrected chi connectivity index (χ4v) is 4.61. The Morgan fingerprint density at radius 1 is 1.03 bits per heavy atom. The number of hydrogen-bond donors (Lipinski definition) is 1. The van der Waals surface area contributed by atoms with E-state index in [2.05, 4.69) is 12.2 Å². The van der Waals surface area contributed by atoms with Crippen molar-refractivity contribution in [1.82, 2.24) is 5.32 Å². The van der Waals surface area contributed by atoms with Crippen molar-refractivity contribution in [3.05, 3.63) is 88.3 Å². The largest absolute Gasteiger partial charge is 0.493 e. The highest BCUT2D eigenvalue weighted by atomic mass is 16.5. The second-order valence-corrected chi connectivity index (χ2v) is 8.52. The Labute approximate surface area is 195 Å². The maximum atomic E-state index is 13.4. The van der Waals surface area contributed by atoms with Crippen LogP contribution in [0.15, 0.2) is 77.1 Å². The first-order chi connectivity index (χ1) is 16.1. The van der Waals surface area contributed by atoms with Gasteiger partial charge in [0.25, 0.3) is 0 Å². The minimum Gasteiger partial charge on any atom is -0.493 e. The lowest BCUT2D eigenvalue weighted by Gasteiger charge is -2.34. The summed E-state index contributed by atoms with van der Waals surface area (Å²) in [6, 6.07) is 17.7. The molecule has 4 rings (SSSR count). The van der Waals surface area contributed by atoms with Gasteiger partial charge < -0.3 is 14.8 Å². The van der Waals surface area contributed by atoms with Crippen LogP contribution >= 0.6 is 0 Å². The average Bonchev–Trinajstić information content (AvgIpc) is 2.83. The zero-order valence-electron chi connectivity index (χ0n) is 19.4. The maximum absolute atomic E-state index is 13.4. The van der Waals surface area contributed by atoms with E-state index in [9.17, 15) is 9.59 Å². The van der Waals surface area contributed by atoms with E-state index >= 15 is 0 Å². The highest BCUT2D eigenvalue weighted by molar-refractivity contribution is 6.04. The Morgan fingerprint density at radius 2 is 1.79 bits per heavy atom. The SMILES string of the molecule is CCCOc1ccccc1[C@H]1C(C(=O)OCCc2ccccc2)=C(C)NC2=C1C(=O)CCC2. The fourth-order valence-electron chi connectivity index (χ4n) is 4.61.